The monoisotopic (exact) mass is 352 g/mol. The molecule has 0 aromatic carbocycles. The molecule has 1 amide bonds. The number of oxazole rings is 1. The van der Waals surface area contributed by atoms with Crippen LogP contribution in [-0.4, -0.2) is 48.7 Å². The summed E-state index contributed by atoms with van der Waals surface area (Å²) < 4.78 is 7.06. The first-order chi connectivity index (χ1) is 12.7. The molecule has 0 unspecified atom stereocenters. The van der Waals surface area contributed by atoms with Gasteiger partial charge in [-0.05, 0) is 43.7 Å². The first-order valence-electron chi connectivity index (χ1n) is 9.14. The van der Waals surface area contributed by atoms with Gasteiger partial charge in [-0.2, -0.15) is 9.61 Å². The Balaban J connectivity index is 1.34. The zero-order chi connectivity index (χ0) is 17.7. The molecular formula is C18H20N6O2. The molecule has 0 N–H and O–H groups in total. The summed E-state index contributed by atoms with van der Waals surface area (Å²) in [6.07, 6.45) is 6.42. The highest BCUT2D eigenvalue weighted by molar-refractivity contribution is 5.92. The van der Waals surface area contributed by atoms with Crippen LogP contribution in [0, 0.1) is 6.92 Å². The number of aromatic nitrogens is 5. The van der Waals surface area contributed by atoms with Crippen LogP contribution >= 0.6 is 0 Å². The van der Waals surface area contributed by atoms with Crippen molar-refractivity contribution >= 4 is 11.6 Å². The summed E-state index contributed by atoms with van der Waals surface area (Å²) in [5.41, 5.74) is 3.69. The van der Waals surface area contributed by atoms with E-state index in [9.17, 15) is 4.79 Å². The maximum atomic E-state index is 12.5. The SMILES string of the molecule is Cc1nc(C(=O)N2CCC(c3nnc4cc5c(nn34)CCC5)CC2)co1. The lowest BCUT2D eigenvalue weighted by Crippen LogP contribution is -2.38. The summed E-state index contributed by atoms with van der Waals surface area (Å²) in [6, 6.07) is 2.12. The van der Waals surface area contributed by atoms with Crippen LogP contribution in [0.2, 0.25) is 0 Å². The minimum atomic E-state index is -0.0673. The maximum absolute atomic E-state index is 12.5. The fraction of sp³-hybridized carbons (Fsp3) is 0.500. The van der Waals surface area contributed by atoms with Gasteiger partial charge in [-0.15, -0.1) is 10.2 Å². The van der Waals surface area contributed by atoms with E-state index in [4.69, 9.17) is 9.52 Å². The third-order valence-electron chi connectivity index (χ3n) is 5.43. The Kier molecular flexibility index (Phi) is 3.51. The minimum Gasteiger partial charge on any atom is -0.448 e. The van der Waals surface area contributed by atoms with Crippen LogP contribution in [0.5, 0.6) is 0 Å². The van der Waals surface area contributed by atoms with E-state index in [-0.39, 0.29) is 11.8 Å². The molecular weight excluding hydrogens is 332 g/mol. The fourth-order valence-electron chi connectivity index (χ4n) is 4.01. The number of hydrogen-bond donors (Lipinski definition) is 0. The summed E-state index contributed by atoms with van der Waals surface area (Å²) in [4.78, 5) is 18.5. The molecule has 0 saturated carbocycles. The van der Waals surface area contributed by atoms with Crippen LogP contribution in [0.4, 0.5) is 0 Å². The lowest BCUT2D eigenvalue weighted by atomic mass is 9.96. The Labute approximate surface area is 150 Å². The summed E-state index contributed by atoms with van der Waals surface area (Å²) in [5.74, 6) is 1.62. The van der Waals surface area contributed by atoms with Crippen molar-refractivity contribution in [1.29, 1.82) is 0 Å². The summed E-state index contributed by atoms with van der Waals surface area (Å²) in [5, 5.41) is 13.5. The molecule has 5 rings (SSSR count). The normalized spacial score (nSPS) is 17.8. The molecule has 4 heterocycles. The molecule has 1 aliphatic carbocycles. The number of carbonyl (C=O) groups excluding carboxylic acids is 1. The highest BCUT2D eigenvalue weighted by Crippen LogP contribution is 2.29. The molecule has 8 heteroatoms. The molecule has 3 aromatic heterocycles. The van der Waals surface area contributed by atoms with Crippen molar-refractivity contribution in [1.82, 2.24) is 29.7 Å². The quantitative estimate of drug-likeness (QED) is 0.700. The third-order valence-corrected chi connectivity index (χ3v) is 5.43. The van der Waals surface area contributed by atoms with Crippen molar-refractivity contribution in [2.24, 2.45) is 0 Å². The molecule has 0 bridgehead atoms. The van der Waals surface area contributed by atoms with Gasteiger partial charge in [0.05, 0.1) is 5.69 Å². The maximum Gasteiger partial charge on any atom is 0.275 e. The number of amides is 1. The number of aryl methyl sites for hydroxylation is 3. The van der Waals surface area contributed by atoms with Crippen LogP contribution in [0.1, 0.15) is 58.6 Å². The lowest BCUT2D eigenvalue weighted by Gasteiger charge is -2.30. The summed E-state index contributed by atoms with van der Waals surface area (Å²) >= 11 is 0. The molecule has 1 saturated heterocycles. The van der Waals surface area contributed by atoms with Gasteiger partial charge in [0.15, 0.2) is 23.1 Å². The van der Waals surface area contributed by atoms with E-state index in [0.717, 1.165) is 37.2 Å². The summed E-state index contributed by atoms with van der Waals surface area (Å²) in [7, 11) is 0. The van der Waals surface area contributed by atoms with E-state index in [2.05, 4.69) is 21.2 Å². The first kappa shape index (κ1) is 15.5. The Morgan fingerprint density at radius 3 is 2.85 bits per heavy atom. The van der Waals surface area contributed by atoms with Gasteiger partial charge in [0.1, 0.15) is 6.26 Å². The van der Waals surface area contributed by atoms with Gasteiger partial charge in [0.2, 0.25) is 0 Å². The topological polar surface area (TPSA) is 89.4 Å². The summed E-state index contributed by atoms with van der Waals surface area (Å²) in [6.45, 7) is 3.09. The lowest BCUT2D eigenvalue weighted by molar-refractivity contribution is 0.0704. The van der Waals surface area contributed by atoms with Crippen molar-refractivity contribution in [3.05, 3.63) is 41.0 Å². The molecule has 26 heavy (non-hydrogen) atoms. The van der Waals surface area contributed by atoms with E-state index in [1.165, 1.54) is 23.9 Å². The van der Waals surface area contributed by atoms with E-state index in [1.807, 2.05) is 9.42 Å². The average Bonchev–Trinajstić information content (AvgIpc) is 3.38. The molecule has 0 atom stereocenters. The van der Waals surface area contributed by atoms with Gasteiger partial charge in [0.25, 0.3) is 5.91 Å². The Hall–Kier alpha value is -2.77. The predicted octanol–water partition coefficient (Wildman–Crippen LogP) is 1.93. The van der Waals surface area contributed by atoms with E-state index in [0.29, 0.717) is 24.7 Å². The van der Waals surface area contributed by atoms with Crippen LogP contribution in [0.15, 0.2) is 16.7 Å². The number of likely N-dealkylation sites (tertiary alicyclic amines) is 1. The molecule has 0 spiro atoms. The van der Waals surface area contributed by atoms with Gasteiger partial charge in [-0.25, -0.2) is 4.98 Å². The zero-order valence-corrected chi connectivity index (χ0v) is 14.7. The molecule has 134 valence electrons. The van der Waals surface area contributed by atoms with Crippen LogP contribution in [0.3, 0.4) is 0 Å². The van der Waals surface area contributed by atoms with Crippen molar-refractivity contribution < 1.29 is 9.21 Å². The van der Waals surface area contributed by atoms with E-state index in [1.54, 1.807) is 6.92 Å². The van der Waals surface area contributed by atoms with Crippen LogP contribution in [0.25, 0.3) is 5.65 Å². The van der Waals surface area contributed by atoms with Gasteiger partial charge in [0, 0.05) is 25.9 Å². The fourth-order valence-corrected chi connectivity index (χ4v) is 4.01. The minimum absolute atomic E-state index is 0.0673. The molecule has 1 fully saturated rings. The second-order valence-electron chi connectivity index (χ2n) is 7.12. The second kappa shape index (κ2) is 5.89. The highest BCUT2D eigenvalue weighted by Gasteiger charge is 2.29. The van der Waals surface area contributed by atoms with Crippen molar-refractivity contribution in [3.63, 3.8) is 0 Å². The zero-order valence-electron chi connectivity index (χ0n) is 14.7. The van der Waals surface area contributed by atoms with Gasteiger partial charge >= 0.3 is 0 Å². The number of carbonyl (C=O) groups is 1. The van der Waals surface area contributed by atoms with E-state index < -0.39 is 0 Å². The Morgan fingerprint density at radius 1 is 1.23 bits per heavy atom. The van der Waals surface area contributed by atoms with Crippen molar-refractivity contribution in [3.8, 4) is 0 Å². The molecule has 8 nitrogen and oxygen atoms in total. The van der Waals surface area contributed by atoms with E-state index >= 15 is 0 Å². The van der Waals surface area contributed by atoms with Crippen molar-refractivity contribution in [2.45, 2.75) is 44.9 Å². The third kappa shape index (κ3) is 2.48. The highest BCUT2D eigenvalue weighted by atomic mass is 16.3. The predicted molar refractivity (Wildman–Crippen MR) is 91.9 cm³/mol. The molecule has 2 aliphatic rings. The largest absolute Gasteiger partial charge is 0.448 e. The first-order valence-corrected chi connectivity index (χ1v) is 9.14. The van der Waals surface area contributed by atoms with Gasteiger partial charge < -0.3 is 9.32 Å². The number of piperidine rings is 1. The standard InChI is InChI=1S/C18H20N6O2/c1-11-19-15(10-26-11)18(25)23-7-5-12(6-8-23)17-21-20-16-9-13-3-2-4-14(13)22-24(16)17/h9-10,12H,2-8H2,1H3. The van der Waals surface area contributed by atoms with Crippen LogP contribution in [-0.2, 0) is 12.8 Å². The smallest absolute Gasteiger partial charge is 0.275 e. The number of hydrogen-bond acceptors (Lipinski definition) is 6. The number of fused-ring (bicyclic) bond motifs is 2. The average molecular weight is 352 g/mol. The van der Waals surface area contributed by atoms with Crippen LogP contribution < -0.4 is 0 Å². The molecule has 3 aromatic rings. The Bertz CT molecular complexity index is 983. The van der Waals surface area contributed by atoms with Gasteiger partial charge in [-0.3, -0.25) is 4.79 Å². The van der Waals surface area contributed by atoms with Crippen molar-refractivity contribution in [2.75, 3.05) is 13.1 Å². The molecule has 0 radical (unpaired) electrons. The molecule has 1 aliphatic heterocycles. The number of rotatable bonds is 2. The second-order valence-corrected chi connectivity index (χ2v) is 7.12. The Morgan fingerprint density at radius 2 is 2.08 bits per heavy atom. The van der Waals surface area contributed by atoms with Gasteiger partial charge in [-0.1, -0.05) is 0 Å². The number of nitrogens with zero attached hydrogens (tertiary/aromatic N) is 6.